The largest absolute Gasteiger partial charge is 0.481 e. The molecular weight excluding hydrogens is 412 g/mol. The van der Waals surface area contributed by atoms with E-state index >= 15 is 0 Å². The highest BCUT2D eigenvalue weighted by Gasteiger charge is 2.38. The van der Waals surface area contributed by atoms with Gasteiger partial charge in [0.25, 0.3) is 0 Å². The maximum atomic E-state index is 13.1. The molecule has 3 atom stereocenters. The molecule has 0 saturated carbocycles. The van der Waals surface area contributed by atoms with E-state index in [1.807, 2.05) is 0 Å². The summed E-state index contributed by atoms with van der Waals surface area (Å²) in [6.07, 6.45) is 3.35. The van der Waals surface area contributed by atoms with Crippen molar-refractivity contribution in [2.75, 3.05) is 13.1 Å². The number of rotatable bonds is 11. The smallest absolute Gasteiger partial charge is 0.322 e. The number of carbonyl (C=O) groups is 5. The van der Waals surface area contributed by atoms with E-state index in [9.17, 15) is 24.0 Å². The van der Waals surface area contributed by atoms with Gasteiger partial charge in [-0.05, 0) is 19.3 Å². The van der Waals surface area contributed by atoms with E-state index in [4.69, 9.17) is 15.9 Å². The van der Waals surface area contributed by atoms with Crippen LogP contribution in [0.25, 0.3) is 0 Å². The van der Waals surface area contributed by atoms with E-state index in [0.29, 0.717) is 18.5 Å². The molecule has 7 N–H and O–H groups in total. The highest BCUT2D eigenvalue weighted by atomic mass is 16.4. The molecule has 0 spiro atoms. The fourth-order valence-corrected chi connectivity index (χ4v) is 3.31. The van der Waals surface area contributed by atoms with Crippen LogP contribution in [-0.2, 0) is 30.4 Å². The molecule has 13 nitrogen and oxygen atoms in total. The molecule has 13 heteroatoms. The second-order valence-electron chi connectivity index (χ2n) is 7.18. The first-order chi connectivity index (χ1) is 14.7. The summed E-state index contributed by atoms with van der Waals surface area (Å²) in [7, 11) is 0. The van der Waals surface area contributed by atoms with Crippen molar-refractivity contribution >= 4 is 29.7 Å². The molecule has 3 amide bonds. The molecule has 0 radical (unpaired) electrons. The third kappa shape index (κ3) is 7.06. The minimum atomic E-state index is -1.22. The van der Waals surface area contributed by atoms with Gasteiger partial charge in [0.1, 0.15) is 18.6 Å². The molecule has 3 unspecified atom stereocenters. The van der Waals surface area contributed by atoms with Gasteiger partial charge < -0.3 is 36.5 Å². The number of imidazole rings is 1. The van der Waals surface area contributed by atoms with E-state index < -0.39 is 54.3 Å². The molecular formula is C18H26N6O7. The van der Waals surface area contributed by atoms with Crippen molar-refractivity contribution < 1.29 is 34.2 Å². The van der Waals surface area contributed by atoms with Gasteiger partial charge in [-0.3, -0.25) is 24.0 Å². The van der Waals surface area contributed by atoms with Crippen molar-refractivity contribution in [3.05, 3.63) is 18.2 Å². The summed E-state index contributed by atoms with van der Waals surface area (Å²) in [4.78, 5) is 67.4. The van der Waals surface area contributed by atoms with E-state index in [2.05, 4.69) is 20.6 Å². The maximum absolute atomic E-state index is 13.1. The van der Waals surface area contributed by atoms with Crippen LogP contribution in [0.4, 0.5) is 0 Å². The number of hydrogen-bond acceptors (Lipinski definition) is 7. The molecule has 31 heavy (non-hydrogen) atoms. The Morgan fingerprint density at radius 1 is 1.26 bits per heavy atom. The number of nitrogens with one attached hydrogen (secondary N) is 3. The van der Waals surface area contributed by atoms with Crippen molar-refractivity contribution in [3.63, 3.8) is 0 Å². The summed E-state index contributed by atoms with van der Waals surface area (Å²) in [6.45, 7) is -0.359. The van der Waals surface area contributed by atoms with Crippen LogP contribution >= 0.6 is 0 Å². The number of aromatic nitrogens is 2. The number of amides is 3. The highest BCUT2D eigenvalue weighted by molar-refractivity contribution is 5.94. The molecule has 1 aromatic rings. The number of aliphatic carboxylic acids is 2. The molecule has 1 aliphatic heterocycles. The van der Waals surface area contributed by atoms with Crippen LogP contribution in [0.15, 0.2) is 12.5 Å². The number of hydrogen-bond donors (Lipinski definition) is 6. The Bertz CT molecular complexity index is 812. The molecule has 1 fully saturated rings. The van der Waals surface area contributed by atoms with Crippen molar-refractivity contribution in [3.8, 4) is 0 Å². The predicted octanol–water partition coefficient (Wildman–Crippen LogP) is -2.18. The van der Waals surface area contributed by atoms with E-state index in [1.165, 1.54) is 17.4 Å². The zero-order valence-corrected chi connectivity index (χ0v) is 16.7. The summed E-state index contributed by atoms with van der Waals surface area (Å²) in [5, 5.41) is 22.4. The predicted molar refractivity (Wildman–Crippen MR) is 104 cm³/mol. The normalized spacial score (nSPS) is 17.6. The van der Waals surface area contributed by atoms with Gasteiger partial charge in [0.15, 0.2) is 0 Å². The average Bonchev–Trinajstić information content (AvgIpc) is 3.40. The fourth-order valence-electron chi connectivity index (χ4n) is 3.31. The first kappa shape index (κ1) is 23.8. The Kier molecular flexibility index (Phi) is 8.49. The van der Waals surface area contributed by atoms with Gasteiger partial charge in [-0.15, -0.1) is 0 Å². The SMILES string of the molecule is NC(Cc1cnc[nH]1)C(=O)NC(CCC(=O)O)C(=O)N1CCCC1C(=O)NCC(=O)O. The highest BCUT2D eigenvalue weighted by Crippen LogP contribution is 2.20. The van der Waals surface area contributed by atoms with E-state index in [0.717, 1.165) is 0 Å². The second-order valence-corrected chi connectivity index (χ2v) is 7.18. The third-order valence-electron chi connectivity index (χ3n) is 4.85. The molecule has 1 aromatic heterocycles. The van der Waals surface area contributed by atoms with Crippen LogP contribution in [0.1, 0.15) is 31.4 Å². The molecule has 0 bridgehead atoms. The minimum Gasteiger partial charge on any atom is -0.481 e. The summed E-state index contributed by atoms with van der Waals surface area (Å²) < 4.78 is 0. The number of likely N-dealkylation sites (tertiary alicyclic amines) is 1. The Labute approximate surface area is 177 Å². The van der Waals surface area contributed by atoms with Gasteiger partial charge in [-0.1, -0.05) is 0 Å². The lowest BCUT2D eigenvalue weighted by atomic mass is 10.1. The standard InChI is InChI=1S/C18H26N6O7/c19-11(6-10-7-20-9-22-10)16(29)23-12(3-4-14(25)26)18(31)24-5-1-2-13(24)17(30)21-8-15(27)28/h7,9,11-13H,1-6,8,19H2,(H,20,22)(H,21,30)(H,23,29)(H,25,26)(H,27,28). The van der Waals surface area contributed by atoms with Crippen LogP contribution in [0.5, 0.6) is 0 Å². The van der Waals surface area contributed by atoms with Gasteiger partial charge in [0.2, 0.25) is 17.7 Å². The minimum absolute atomic E-state index is 0.135. The van der Waals surface area contributed by atoms with Gasteiger partial charge in [-0.2, -0.15) is 0 Å². The van der Waals surface area contributed by atoms with Crippen LogP contribution in [0.3, 0.4) is 0 Å². The third-order valence-corrected chi connectivity index (χ3v) is 4.85. The lowest BCUT2D eigenvalue weighted by Crippen LogP contribution is -2.56. The Balaban J connectivity index is 2.07. The number of aromatic amines is 1. The lowest BCUT2D eigenvalue weighted by Gasteiger charge is -2.29. The summed E-state index contributed by atoms with van der Waals surface area (Å²) in [5.74, 6) is -4.25. The number of H-pyrrole nitrogens is 1. The Morgan fingerprint density at radius 3 is 2.61 bits per heavy atom. The zero-order chi connectivity index (χ0) is 23.0. The van der Waals surface area contributed by atoms with E-state index in [1.54, 1.807) is 0 Å². The van der Waals surface area contributed by atoms with Crippen LogP contribution in [0.2, 0.25) is 0 Å². The average molecular weight is 438 g/mol. The van der Waals surface area contributed by atoms with Crippen molar-refractivity contribution in [2.45, 2.75) is 50.2 Å². The number of nitrogens with two attached hydrogens (primary N) is 1. The maximum Gasteiger partial charge on any atom is 0.322 e. The topological polar surface area (TPSA) is 208 Å². The van der Waals surface area contributed by atoms with Gasteiger partial charge in [-0.25, -0.2) is 4.98 Å². The van der Waals surface area contributed by atoms with Gasteiger partial charge in [0, 0.05) is 31.3 Å². The molecule has 0 aliphatic carbocycles. The first-order valence-corrected chi connectivity index (χ1v) is 9.74. The summed E-state index contributed by atoms with van der Waals surface area (Å²) in [6, 6.07) is -3.09. The van der Waals surface area contributed by atoms with Crippen molar-refractivity contribution in [1.29, 1.82) is 0 Å². The number of carboxylic acid groups (broad SMARTS) is 2. The van der Waals surface area contributed by atoms with Crippen LogP contribution in [0, 0.1) is 0 Å². The molecule has 2 rings (SSSR count). The Morgan fingerprint density at radius 2 is 2.00 bits per heavy atom. The quantitative estimate of drug-likeness (QED) is 0.222. The Hall–Kier alpha value is -3.48. The molecule has 2 heterocycles. The van der Waals surface area contributed by atoms with Crippen molar-refractivity contribution in [1.82, 2.24) is 25.5 Å². The first-order valence-electron chi connectivity index (χ1n) is 9.74. The fraction of sp³-hybridized carbons (Fsp3) is 0.556. The molecule has 1 aliphatic rings. The number of carboxylic acids is 2. The monoisotopic (exact) mass is 438 g/mol. The number of carbonyl (C=O) groups excluding carboxylic acids is 3. The van der Waals surface area contributed by atoms with Gasteiger partial charge >= 0.3 is 11.9 Å². The van der Waals surface area contributed by atoms with E-state index in [-0.39, 0.29) is 25.8 Å². The van der Waals surface area contributed by atoms with Crippen LogP contribution in [-0.4, -0.2) is 86.0 Å². The van der Waals surface area contributed by atoms with Crippen molar-refractivity contribution in [2.24, 2.45) is 5.73 Å². The van der Waals surface area contributed by atoms with Crippen LogP contribution < -0.4 is 16.4 Å². The number of nitrogens with zero attached hydrogens (tertiary/aromatic N) is 2. The summed E-state index contributed by atoms with van der Waals surface area (Å²) in [5.41, 5.74) is 6.51. The van der Waals surface area contributed by atoms with Gasteiger partial charge in [0.05, 0.1) is 12.4 Å². The molecule has 1 saturated heterocycles. The lowest BCUT2D eigenvalue weighted by molar-refractivity contribution is -0.143. The molecule has 170 valence electrons. The second kappa shape index (κ2) is 11.1. The molecule has 0 aromatic carbocycles. The zero-order valence-electron chi connectivity index (χ0n) is 16.7. The summed E-state index contributed by atoms with van der Waals surface area (Å²) >= 11 is 0.